The van der Waals surface area contributed by atoms with Crippen molar-refractivity contribution in [3.05, 3.63) is 24.3 Å². The normalized spacial score (nSPS) is 28.7. The lowest BCUT2D eigenvalue weighted by Crippen LogP contribution is -2.30. The third-order valence-electron chi connectivity index (χ3n) is 6.80. The van der Waals surface area contributed by atoms with Gasteiger partial charge in [0.25, 0.3) is 0 Å². The number of esters is 1. The number of nitrogens with zero attached hydrogens (tertiary/aromatic N) is 1. The molecular formula is C23H34FNO2. The predicted octanol–water partition coefficient (Wildman–Crippen LogP) is 6.32. The van der Waals surface area contributed by atoms with Crippen molar-refractivity contribution < 1.29 is 13.9 Å². The Labute approximate surface area is 163 Å². The fourth-order valence-corrected chi connectivity index (χ4v) is 5.08. The summed E-state index contributed by atoms with van der Waals surface area (Å²) in [6.45, 7) is 2.28. The lowest BCUT2D eigenvalue weighted by atomic mass is 9.68. The van der Waals surface area contributed by atoms with Crippen molar-refractivity contribution in [2.24, 2.45) is 23.7 Å². The van der Waals surface area contributed by atoms with Gasteiger partial charge in [-0.15, -0.1) is 0 Å². The summed E-state index contributed by atoms with van der Waals surface area (Å²) in [4.78, 5) is 15.9. The molecule has 27 heavy (non-hydrogen) atoms. The summed E-state index contributed by atoms with van der Waals surface area (Å²) >= 11 is 0. The van der Waals surface area contributed by atoms with Gasteiger partial charge >= 0.3 is 5.97 Å². The Balaban J connectivity index is 1.37. The largest absolute Gasteiger partial charge is 0.425 e. The van der Waals surface area contributed by atoms with Crippen molar-refractivity contribution in [2.75, 3.05) is 0 Å². The van der Waals surface area contributed by atoms with E-state index in [1.807, 2.05) is 0 Å². The summed E-state index contributed by atoms with van der Waals surface area (Å²) in [5, 5.41) is 0. The maximum Gasteiger partial charge on any atom is 0.314 e. The number of aromatic nitrogens is 1. The van der Waals surface area contributed by atoms with Crippen LogP contribution in [0, 0.1) is 29.6 Å². The van der Waals surface area contributed by atoms with Crippen LogP contribution in [0.3, 0.4) is 0 Å². The van der Waals surface area contributed by atoms with E-state index in [0.717, 1.165) is 43.4 Å². The number of carbonyl (C=O) groups is 1. The quantitative estimate of drug-likeness (QED) is 0.318. The molecule has 2 fully saturated rings. The number of ether oxygens (including phenoxy) is 1. The highest BCUT2D eigenvalue weighted by molar-refractivity contribution is 5.75. The van der Waals surface area contributed by atoms with E-state index in [2.05, 4.69) is 11.9 Å². The average Bonchev–Trinajstić information content (AvgIpc) is 2.70. The first-order chi connectivity index (χ1) is 13.2. The van der Waals surface area contributed by atoms with Gasteiger partial charge in [-0.3, -0.25) is 4.79 Å². The molecule has 0 aromatic carbocycles. The monoisotopic (exact) mass is 375 g/mol. The Bertz CT molecular complexity index is 573. The Morgan fingerprint density at radius 3 is 2.30 bits per heavy atom. The second kappa shape index (κ2) is 10.2. The highest BCUT2D eigenvalue weighted by Crippen LogP contribution is 2.42. The lowest BCUT2D eigenvalue weighted by molar-refractivity contribution is -0.140. The molecule has 0 bridgehead atoms. The molecule has 3 nitrogen and oxygen atoms in total. The van der Waals surface area contributed by atoms with Crippen LogP contribution in [0.4, 0.5) is 4.39 Å². The van der Waals surface area contributed by atoms with E-state index in [-0.39, 0.29) is 11.9 Å². The van der Waals surface area contributed by atoms with Crippen LogP contribution in [-0.2, 0) is 4.79 Å². The molecular weight excluding hydrogens is 341 g/mol. The number of rotatable bonds is 7. The van der Waals surface area contributed by atoms with E-state index in [0.29, 0.717) is 5.75 Å². The van der Waals surface area contributed by atoms with Crippen LogP contribution in [0.1, 0.15) is 84.0 Å². The first kappa shape index (κ1) is 20.3. The van der Waals surface area contributed by atoms with Crippen molar-refractivity contribution in [2.45, 2.75) is 84.0 Å². The Morgan fingerprint density at radius 2 is 1.70 bits per heavy atom. The standard InChI is InChI=1S/C23H34FNO2/c1-2-3-4-5-17-6-8-18(9-7-17)19-10-12-20(13-11-19)23(26)27-21-14-15-22(24)25-16-21/h14-20H,2-13H2,1H3/t17-,18-,19?,20?. The SMILES string of the molecule is CCCCC[C@H]1CC[C@H](C2CCC(C(=O)Oc3ccc(F)nc3)CC2)CC1. The third kappa shape index (κ3) is 6.02. The molecule has 1 heterocycles. The molecule has 1 aromatic rings. The van der Waals surface area contributed by atoms with E-state index in [9.17, 15) is 9.18 Å². The van der Waals surface area contributed by atoms with Gasteiger partial charge in [-0.25, -0.2) is 4.98 Å². The average molecular weight is 376 g/mol. The summed E-state index contributed by atoms with van der Waals surface area (Å²) in [5.74, 6) is 2.20. The van der Waals surface area contributed by atoms with Crippen LogP contribution in [0.5, 0.6) is 5.75 Å². The molecule has 0 N–H and O–H groups in total. The van der Waals surface area contributed by atoms with E-state index >= 15 is 0 Å². The van der Waals surface area contributed by atoms with Gasteiger partial charge in [0.2, 0.25) is 5.95 Å². The van der Waals surface area contributed by atoms with E-state index in [1.54, 1.807) is 0 Å². The van der Waals surface area contributed by atoms with E-state index in [1.165, 1.54) is 69.7 Å². The molecule has 150 valence electrons. The summed E-state index contributed by atoms with van der Waals surface area (Å²) in [6, 6.07) is 2.68. The van der Waals surface area contributed by atoms with Gasteiger partial charge in [-0.1, -0.05) is 45.4 Å². The zero-order valence-corrected chi connectivity index (χ0v) is 16.7. The molecule has 2 aliphatic rings. The number of hydrogen-bond acceptors (Lipinski definition) is 3. The Hall–Kier alpha value is -1.45. The molecule has 2 aliphatic carbocycles. The van der Waals surface area contributed by atoms with Gasteiger partial charge in [-0.2, -0.15) is 4.39 Å². The van der Waals surface area contributed by atoms with Gasteiger partial charge < -0.3 is 4.74 Å². The topological polar surface area (TPSA) is 39.2 Å². The van der Waals surface area contributed by atoms with Crippen LogP contribution in [0.25, 0.3) is 0 Å². The summed E-state index contributed by atoms with van der Waals surface area (Å²) in [5.41, 5.74) is 0. The summed E-state index contributed by atoms with van der Waals surface area (Å²) in [6.07, 6.45) is 16.5. The van der Waals surface area contributed by atoms with Crippen LogP contribution >= 0.6 is 0 Å². The van der Waals surface area contributed by atoms with Gasteiger partial charge in [0.1, 0.15) is 5.75 Å². The van der Waals surface area contributed by atoms with E-state index in [4.69, 9.17) is 4.74 Å². The zero-order chi connectivity index (χ0) is 19.1. The van der Waals surface area contributed by atoms with Crippen LogP contribution in [0.15, 0.2) is 18.3 Å². The number of pyridine rings is 1. The van der Waals surface area contributed by atoms with E-state index < -0.39 is 5.95 Å². The predicted molar refractivity (Wildman–Crippen MR) is 105 cm³/mol. The maximum absolute atomic E-state index is 12.8. The molecule has 1 aromatic heterocycles. The molecule has 0 unspecified atom stereocenters. The molecule has 4 heteroatoms. The molecule has 0 radical (unpaired) electrons. The third-order valence-corrected chi connectivity index (χ3v) is 6.80. The van der Waals surface area contributed by atoms with Crippen LogP contribution in [0.2, 0.25) is 0 Å². The first-order valence-electron chi connectivity index (χ1n) is 11.0. The lowest BCUT2D eigenvalue weighted by Gasteiger charge is -2.37. The minimum absolute atomic E-state index is 0.0170. The Kier molecular flexibility index (Phi) is 7.66. The van der Waals surface area contributed by atoms with Gasteiger partial charge in [0.05, 0.1) is 12.1 Å². The second-order valence-corrected chi connectivity index (χ2v) is 8.63. The van der Waals surface area contributed by atoms with Crippen molar-refractivity contribution in [3.8, 4) is 5.75 Å². The highest BCUT2D eigenvalue weighted by atomic mass is 19.1. The zero-order valence-electron chi connectivity index (χ0n) is 16.7. The molecule has 3 rings (SSSR count). The van der Waals surface area contributed by atoms with Crippen molar-refractivity contribution in [3.63, 3.8) is 0 Å². The van der Waals surface area contributed by atoms with Crippen LogP contribution in [-0.4, -0.2) is 11.0 Å². The van der Waals surface area contributed by atoms with Crippen molar-refractivity contribution in [1.29, 1.82) is 0 Å². The van der Waals surface area contributed by atoms with Crippen molar-refractivity contribution >= 4 is 5.97 Å². The van der Waals surface area contributed by atoms with Gasteiger partial charge in [0, 0.05) is 0 Å². The van der Waals surface area contributed by atoms with Crippen LogP contribution < -0.4 is 4.74 Å². The second-order valence-electron chi connectivity index (χ2n) is 8.63. The number of hydrogen-bond donors (Lipinski definition) is 0. The first-order valence-corrected chi connectivity index (χ1v) is 11.0. The number of halogens is 1. The summed E-state index contributed by atoms with van der Waals surface area (Å²) < 4.78 is 18.2. The fraction of sp³-hybridized carbons (Fsp3) is 0.739. The number of carbonyl (C=O) groups excluding carboxylic acids is 1. The number of unbranched alkanes of at least 4 members (excludes halogenated alkanes) is 2. The molecule has 2 saturated carbocycles. The Morgan fingerprint density at radius 1 is 1.04 bits per heavy atom. The molecule has 0 atom stereocenters. The minimum Gasteiger partial charge on any atom is -0.425 e. The molecule has 0 aliphatic heterocycles. The van der Waals surface area contributed by atoms with Gasteiger partial charge in [-0.05, 0) is 68.4 Å². The summed E-state index contributed by atoms with van der Waals surface area (Å²) in [7, 11) is 0. The molecule has 0 saturated heterocycles. The highest BCUT2D eigenvalue weighted by Gasteiger charge is 2.33. The molecule has 0 spiro atoms. The maximum atomic E-state index is 12.8. The molecule has 0 amide bonds. The smallest absolute Gasteiger partial charge is 0.314 e. The fourth-order valence-electron chi connectivity index (χ4n) is 5.08. The minimum atomic E-state index is -0.560. The van der Waals surface area contributed by atoms with Gasteiger partial charge in [0.15, 0.2) is 0 Å². The van der Waals surface area contributed by atoms with Crippen molar-refractivity contribution in [1.82, 2.24) is 4.98 Å².